The van der Waals surface area contributed by atoms with E-state index in [2.05, 4.69) is 82.1 Å². The van der Waals surface area contributed by atoms with Gasteiger partial charge >= 0.3 is 12.2 Å². The summed E-state index contributed by atoms with van der Waals surface area (Å²) in [6, 6.07) is 28.4. The van der Waals surface area contributed by atoms with Crippen LogP contribution in [0.3, 0.4) is 0 Å². The number of likely N-dealkylation sites (tertiary alicyclic amines) is 2. The zero-order valence-electron chi connectivity index (χ0n) is 38.3. The molecule has 5 aromatic carbocycles. The van der Waals surface area contributed by atoms with Gasteiger partial charge in [0.25, 0.3) is 5.91 Å². The van der Waals surface area contributed by atoms with E-state index in [0.717, 1.165) is 79.8 Å². The normalized spacial score (nSPS) is 21.4. The molecule has 14 heteroatoms. The Kier molecular flexibility index (Phi) is 10.7. The average Bonchev–Trinajstić information content (AvgIpc) is 3.94. The first-order chi connectivity index (χ1) is 31.7. The fraction of sp³-hybridized carbons (Fsp3) is 0.385. The zero-order chi connectivity index (χ0) is 46.2. The number of methoxy groups -OCH3 is 1. The number of H-pyrrole nitrogens is 2. The van der Waals surface area contributed by atoms with Crippen LogP contribution in [0.5, 0.6) is 0 Å². The molecule has 0 spiro atoms. The minimum atomic E-state index is -0.917. The Morgan fingerprint density at radius 3 is 1.94 bits per heavy atom. The molecule has 1 saturated carbocycles. The number of hydrogen-bond acceptors (Lipinski definition) is 8. The van der Waals surface area contributed by atoms with Crippen LogP contribution in [-0.4, -0.2) is 85.1 Å². The van der Waals surface area contributed by atoms with Crippen molar-refractivity contribution in [2.24, 2.45) is 17.8 Å². The number of aromatic amines is 2. The van der Waals surface area contributed by atoms with Crippen molar-refractivity contribution in [3.63, 3.8) is 0 Å². The van der Waals surface area contributed by atoms with Gasteiger partial charge in [-0.25, -0.2) is 19.6 Å². The van der Waals surface area contributed by atoms with Gasteiger partial charge in [0.15, 0.2) is 0 Å². The highest BCUT2D eigenvalue weighted by Crippen LogP contribution is 2.57. The summed E-state index contributed by atoms with van der Waals surface area (Å²) in [5, 5.41) is 9.73. The molecule has 7 atom stereocenters. The van der Waals surface area contributed by atoms with Crippen molar-refractivity contribution < 1.29 is 28.7 Å². The topological polar surface area (TPSA) is 175 Å². The number of fused-ring (bicyclic) bond motifs is 7. The smallest absolute Gasteiger partial charge is 0.408 e. The van der Waals surface area contributed by atoms with Crippen molar-refractivity contribution >= 4 is 67.6 Å². The number of alkyl carbamates (subject to hydrolysis) is 2. The third kappa shape index (κ3) is 7.75. The van der Waals surface area contributed by atoms with Crippen LogP contribution in [0.25, 0.3) is 54.7 Å². The molecule has 3 aliphatic rings. The van der Waals surface area contributed by atoms with Crippen LogP contribution in [-0.2, 0) is 19.1 Å². The van der Waals surface area contributed by atoms with E-state index >= 15 is 0 Å². The molecule has 0 bridgehead atoms. The summed E-state index contributed by atoms with van der Waals surface area (Å²) < 4.78 is 10.4. The first-order valence-electron chi connectivity index (χ1n) is 23.0. The number of hydrogen-bond donors (Lipinski definition) is 4. The van der Waals surface area contributed by atoms with Gasteiger partial charge in [-0.3, -0.25) is 9.59 Å². The van der Waals surface area contributed by atoms with Crippen molar-refractivity contribution in [1.29, 1.82) is 0 Å². The molecule has 66 heavy (non-hydrogen) atoms. The summed E-state index contributed by atoms with van der Waals surface area (Å²) in [5.74, 6) is 1.83. The van der Waals surface area contributed by atoms with Crippen LogP contribution in [0.15, 0.2) is 91.0 Å². The molecule has 1 aliphatic carbocycles. The van der Waals surface area contributed by atoms with E-state index in [9.17, 15) is 19.2 Å². The quantitative estimate of drug-likeness (QED) is 0.111. The predicted molar refractivity (Wildman–Crippen MR) is 253 cm³/mol. The summed E-state index contributed by atoms with van der Waals surface area (Å²) in [4.78, 5) is 74.9. The molecule has 14 nitrogen and oxygen atoms in total. The third-order valence-corrected chi connectivity index (χ3v) is 13.8. The molecule has 4 N–H and O–H groups in total. The van der Waals surface area contributed by atoms with Crippen molar-refractivity contribution in [1.82, 2.24) is 40.4 Å². The monoisotopic (exact) mass is 888 g/mol. The number of carbonyl (C=O) groups excluding carboxylic acids is 4. The molecule has 3 unspecified atom stereocenters. The molecule has 2 saturated heterocycles. The molecule has 4 amide bonds. The summed E-state index contributed by atoms with van der Waals surface area (Å²) in [6.45, 7) is 12.0. The highest BCUT2D eigenvalue weighted by Gasteiger charge is 2.61. The van der Waals surface area contributed by atoms with Gasteiger partial charge < -0.3 is 39.9 Å². The van der Waals surface area contributed by atoms with E-state index in [0.29, 0.717) is 29.8 Å². The lowest BCUT2D eigenvalue weighted by atomic mass is 9.98. The summed E-state index contributed by atoms with van der Waals surface area (Å²) in [6.07, 6.45) is 1.10. The van der Waals surface area contributed by atoms with Crippen molar-refractivity contribution in [3.8, 4) is 11.1 Å². The van der Waals surface area contributed by atoms with Gasteiger partial charge in [-0.05, 0) is 110 Å². The lowest BCUT2D eigenvalue weighted by Gasteiger charge is -2.32. The van der Waals surface area contributed by atoms with Gasteiger partial charge in [-0.1, -0.05) is 87.5 Å². The van der Waals surface area contributed by atoms with E-state index in [-0.39, 0.29) is 35.9 Å². The Hall–Kier alpha value is -6.96. The van der Waals surface area contributed by atoms with Crippen LogP contribution in [0.4, 0.5) is 9.59 Å². The van der Waals surface area contributed by atoms with Crippen molar-refractivity contribution in [3.05, 3.63) is 108 Å². The fourth-order valence-corrected chi connectivity index (χ4v) is 10.5. The summed E-state index contributed by atoms with van der Waals surface area (Å²) in [5.41, 5.74) is 5.58. The number of rotatable bonds is 9. The minimum absolute atomic E-state index is 0.105. The maximum atomic E-state index is 14.3. The number of amides is 4. The lowest BCUT2D eigenvalue weighted by Crippen LogP contribution is -2.52. The standard InChI is InChI=1S/C52H56N8O6/c1-27(2)41(57-50(63)65-7)49(62)60-40(26-36-28(3)45(36)60)47-54-38-22-18-33-25-31(16-20-35(33)44(38)56-47)30-15-19-34-32(24-30)17-21-37-43(34)55-46(53-37)39-14-11-23-59(39)48(61)42(29-12-9-8-10-13-29)58-51(64)66-52(4,5)6/h8-10,12-13,15-22,24-25,27-28,36,39-42,45H,11,14,23,26H2,1-7H3,(H,53,55)(H,54,56)(H,57,63)(H,58,64)/t28?,36?,39-,40-,41-,42+,45?/m0/s1. The Balaban J connectivity index is 0.906. The Bertz CT molecular complexity index is 3040. The lowest BCUT2D eigenvalue weighted by molar-refractivity contribution is -0.137. The number of piperidine rings is 1. The highest BCUT2D eigenvalue weighted by atomic mass is 16.6. The van der Waals surface area contributed by atoms with Gasteiger partial charge in [0.05, 0.1) is 41.3 Å². The average molecular weight is 889 g/mol. The van der Waals surface area contributed by atoms with Crippen LogP contribution >= 0.6 is 0 Å². The van der Waals surface area contributed by atoms with E-state index in [4.69, 9.17) is 19.4 Å². The maximum absolute atomic E-state index is 14.3. The largest absolute Gasteiger partial charge is 0.453 e. The van der Waals surface area contributed by atoms with Gasteiger partial charge in [-0.15, -0.1) is 0 Å². The zero-order valence-corrected chi connectivity index (χ0v) is 38.3. The van der Waals surface area contributed by atoms with E-state index in [1.165, 1.54) is 7.11 Å². The SMILES string of the molecule is COC(=O)N[C@H](C(=O)N1C2C(C)C2C[C@H]1c1nc2c(ccc3cc(-c4ccc5c(ccc6[nH]c([C@@H]7CCCN7C(=O)[C@H](NC(=O)OC(C)(C)C)c7ccccc7)nc65)c4)ccc32)[nH]1)C(C)C. The third-order valence-electron chi connectivity index (χ3n) is 13.8. The van der Waals surface area contributed by atoms with Crippen LogP contribution < -0.4 is 10.6 Å². The van der Waals surface area contributed by atoms with E-state index < -0.39 is 29.9 Å². The fourth-order valence-electron chi connectivity index (χ4n) is 10.5. The number of ether oxygens (including phenoxy) is 2. The van der Waals surface area contributed by atoms with Gasteiger partial charge in [0.1, 0.15) is 29.3 Å². The van der Waals surface area contributed by atoms with Gasteiger partial charge in [-0.2, -0.15) is 0 Å². The van der Waals surface area contributed by atoms with Gasteiger partial charge in [0, 0.05) is 23.4 Å². The molecule has 4 heterocycles. The van der Waals surface area contributed by atoms with E-state index in [1.54, 1.807) is 20.8 Å². The first kappa shape index (κ1) is 43.0. The number of benzene rings is 5. The first-order valence-corrected chi connectivity index (χ1v) is 23.0. The Labute approximate surface area is 382 Å². The minimum Gasteiger partial charge on any atom is -0.453 e. The maximum Gasteiger partial charge on any atom is 0.408 e. The molecule has 0 radical (unpaired) electrons. The van der Waals surface area contributed by atoms with Crippen LogP contribution in [0.2, 0.25) is 0 Å². The van der Waals surface area contributed by atoms with Gasteiger partial charge in [0.2, 0.25) is 5.91 Å². The molecule has 10 rings (SSSR count). The van der Waals surface area contributed by atoms with Crippen LogP contribution in [0.1, 0.15) is 96.1 Å². The summed E-state index contributed by atoms with van der Waals surface area (Å²) >= 11 is 0. The second-order valence-electron chi connectivity index (χ2n) is 19.6. The molecule has 3 fully saturated rings. The molecule has 340 valence electrons. The van der Waals surface area contributed by atoms with E-state index in [1.807, 2.05) is 60.0 Å². The number of carbonyl (C=O) groups is 4. The Morgan fingerprint density at radius 2 is 1.36 bits per heavy atom. The number of imidazole rings is 2. The molecular weight excluding hydrogens is 833 g/mol. The second-order valence-corrected chi connectivity index (χ2v) is 19.6. The van der Waals surface area contributed by atoms with Crippen molar-refractivity contribution in [2.45, 2.75) is 96.6 Å². The number of nitrogens with one attached hydrogen (secondary N) is 4. The van der Waals surface area contributed by atoms with Crippen molar-refractivity contribution in [2.75, 3.05) is 13.7 Å². The molecule has 2 aromatic heterocycles. The molecular formula is C52H56N8O6. The second kappa shape index (κ2) is 16.5. The summed E-state index contributed by atoms with van der Waals surface area (Å²) in [7, 11) is 1.31. The number of nitrogens with zero attached hydrogens (tertiary/aromatic N) is 4. The molecule has 7 aromatic rings. The Morgan fingerprint density at radius 1 is 0.758 bits per heavy atom. The van der Waals surface area contributed by atoms with Crippen LogP contribution in [0, 0.1) is 17.8 Å². The highest BCUT2D eigenvalue weighted by molar-refractivity contribution is 6.07. The molecule has 2 aliphatic heterocycles. The number of aromatic nitrogens is 4. The predicted octanol–water partition coefficient (Wildman–Crippen LogP) is 9.63.